The quantitative estimate of drug-likeness (QED) is 0.906. The molecule has 1 N–H and O–H groups in total. The van der Waals surface area contributed by atoms with Gasteiger partial charge in [-0.3, -0.25) is 4.79 Å². The van der Waals surface area contributed by atoms with Crippen molar-refractivity contribution in [1.82, 2.24) is 4.31 Å². The van der Waals surface area contributed by atoms with Crippen molar-refractivity contribution >= 4 is 16.0 Å². The van der Waals surface area contributed by atoms with E-state index in [2.05, 4.69) is 13.8 Å². The number of hydrogen-bond acceptors (Lipinski definition) is 3. The van der Waals surface area contributed by atoms with Gasteiger partial charge in [-0.1, -0.05) is 26.0 Å². The smallest absolute Gasteiger partial charge is 0.322 e. The molecular weight excluding hydrogens is 290 g/mol. The molecule has 0 amide bonds. The SMILES string of the molecule is CCC(C)c1ccc(S(=O)(=O)N2CCC[C@@H]2C(=O)O)cc1. The first-order chi connectivity index (χ1) is 9.87. The van der Waals surface area contributed by atoms with Crippen LogP contribution in [0.25, 0.3) is 0 Å². The maximum absolute atomic E-state index is 12.6. The van der Waals surface area contributed by atoms with Gasteiger partial charge in [0.15, 0.2) is 0 Å². The summed E-state index contributed by atoms with van der Waals surface area (Å²) in [6.07, 6.45) is 1.94. The summed E-state index contributed by atoms with van der Waals surface area (Å²) in [6.45, 7) is 4.44. The van der Waals surface area contributed by atoms with Crippen molar-refractivity contribution in [2.24, 2.45) is 0 Å². The van der Waals surface area contributed by atoms with Crippen LogP contribution in [0.15, 0.2) is 29.2 Å². The molecule has 21 heavy (non-hydrogen) atoms. The third-order valence-corrected chi connectivity index (χ3v) is 6.08. The Hall–Kier alpha value is -1.40. The lowest BCUT2D eigenvalue weighted by Crippen LogP contribution is -2.40. The molecule has 0 spiro atoms. The molecule has 2 rings (SSSR count). The molecule has 1 aliphatic heterocycles. The lowest BCUT2D eigenvalue weighted by Gasteiger charge is -2.21. The number of carboxylic acid groups (broad SMARTS) is 1. The van der Waals surface area contributed by atoms with E-state index in [-0.39, 0.29) is 11.4 Å². The van der Waals surface area contributed by atoms with Gasteiger partial charge >= 0.3 is 5.97 Å². The van der Waals surface area contributed by atoms with Crippen LogP contribution in [0.3, 0.4) is 0 Å². The Morgan fingerprint density at radius 2 is 2.00 bits per heavy atom. The van der Waals surface area contributed by atoms with E-state index in [1.54, 1.807) is 12.1 Å². The Kier molecular flexibility index (Phi) is 4.68. The first-order valence-corrected chi connectivity index (χ1v) is 8.66. The molecule has 2 atom stereocenters. The molecule has 1 fully saturated rings. The largest absolute Gasteiger partial charge is 0.480 e. The number of carbonyl (C=O) groups is 1. The Labute approximate surface area is 125 Å². The molecule has 1 aliphatic rings. The second kappa shape index (κ2) is 6.15. The van der Waals surface area contributed by atoms with E-state index in [1.807, 2.05) is 12.1 Å². The van der Waals surface area contributed by atoms with Gasteiger partial charge in [0.2, 0.25) is 10.0 Å². The highest BCUT2D eigenvalue weighted by Gasteiger charge is 2.39. The second-order valence-electron chi connectivity index (χ2n) is 5.49. The van der Waals surface area contributed by atoms with Crippen molar-refractivity contribution in [3.63, 3.8) is 0 Å². The van der Waals surface area contributed by atoms with E-state index < -0.39 is 22.0 Å². The number of carboxylic acids is 1. The van der Waals surface area contributed by atoms with E-state index >= 15 is 0 Å². The summed E-state index contributed by atoms with van der Waals surface area (Å²) in [5.41, 5.74) is 1.09. The Balaban J connectivity index is 2.29. The molecule has 0 radical (unpaired) electrons. The molecule has 0 saturated carbocycles. The predicted octanol–water partition coefficient (Wildman–Crippen LogP) is 2.44. The molecule has 1 aromatic carbocycles. The fourth-order valence-electron chi connectivity index (χ4n) is 2.61. The topological polar surface area (TPSA) is 74.7 Å². The van der Waals surface area contributed by atoms with E-state index in [1.165, 1.54) is 0 Å². The lowest BCUT2D eigenvalue weighted by molar-refractivity contribution is -0.140. The van der Waals surface area contributed by atoms with Crippen molar-refractivity contribution in [3.8, 4) is 0 Å². The Morgan fingerprint density at radius 3 is 2.52 bits per heavy atom. The predicted molar refractivity (Wildman–Crippen MR) is 79.7 cm³/mol. The van der Waals surface area contributed by atoms with Crippen molar-refractivity contribution in [2.45, 2.75) is 50.0 Å². The van der Waals surface area contributed by atoms with Crippen molar-refractivity contribution < 1.29 is 18.3 Å². The molecular formula is C15H21NO4S. The summed E-state index contributed by atoms with van der Waals surface area (Å²) in [6, 6.07) is 5.84. The zero-order valence-corrected chi connectivity index (χ0v) is 13.1. The first kappa shape index (κ1) is 16.0. The van der Waals surface area contributed by atoms with Crippen LogP contribution in [0, 0.1) is 0 Å². The van der Waals surface area contributed by atoms with Crippen LogP contribution in [0.5, 0.6) is 0 Å². The molecule has 116 valence electrons. The van der Waals surface area contributed by atoms with Crippen molar-refractivity contribution in [2.75, 3.05) is 6.54 Å². The third-order valence-electron chi connectivity index (χ3n) is 4.16. The minimum Gasteiger partial charge on any atom is -0.480 e. The number of hydrogen-bond donors (Lipinski definition) is 1. The van der Waals surface area contributed by atoms with Crippen LogP contribution in [0.4, 0.5) is 0 Å². The monoisotopic (exact) mass is 311 g/mol. The average molecular weight is 311 g/mol. The molecule has 1 aromatic rings. The summed E-state index contributed by atoms with van der Waals surface area (Å²) in [7, 11) is -3.73. The molecule has 6 heteroatoms. The van der Waals surface area contributed by atoms with Crippen LogP contribution < -0.4 is 0 Å². The minimum absolute atomic E-state index is 0.169. The van der Waals surface area contributed by atoms with Crippen LogP contribution in [0.2, 0.25) is 0 Å². The van der Waals surface area contributed by atoms with Gasteiger partial charge in [0.05, 0.1) is 4.90 Å². The third kappa shape index (κ3) is 3.11. The average Bonchev–Trinajstić information content (AvgIpc) is 2.97. The first-order valence-electron chi connectivity index (χ1n) is 7.22. The molecule has 0 bridgehead atoms. The molecule has 1 unspecified atom stereocenters. The molecule has 0 aromatic heterocycles. The summed E-state index contributed by atoms with van der Waals surface area (Å²) in [4.78, 5) is 11.3. The van der Waals surface area contributed by atoms with Crippen molar-refractivity contribution in [1.29, 1.82) is 0 Å². The van der Waals surface area contributed by atoms with Gasteiger partial charge in [0.25, 0.3) is 0 Å². The highest BCUT2D eigenvalue weighted by Crippen LogP contribution is 2.27. The molecule has 1 heterocycles. The maximum Gasteiger partial charge on any atom is 0.322 e. The standard InChI is InChI=1S/C15H21NO4S/c1-3-11(2)12-6-8-13(9-7-12)21(19,20)16-10-4-5-14(16)15(17)18/h6-9,11,14H,3-5,10H2,1-2H3,(H,17,18)/t11?,14-/m1/s1. The van der Waals surface area contributed by atoms with Gasteiger partial charge in [-0.25, -0.2) is 8.42 Å². The lowest BCUT2D eigenvalue weighted by atomic mass is 9.99. The van der Waals surface area contributed by atoms with E-state index in [0.29, 0.717) is 18.8 Å². The number of nitrogens with zero attached hydrogens (tertiary/aromatic N) is 1. The summed E-state index contributed by atoms with van der Waals surface area (Å²) < 4.78 is 26.2. The highest BCUT2D eigenvalue weighted by molar-refractivity contribution is 7.89. The van der Waals surface area contributed by atoms with Gasteiger partial charge in [-0.2, -0.15) is 4.31 Å². The van der Waals surface area contributed by atoms with Gasteiger partial charge in [0.1, 0.15) is 6.04 Å². The minimum atomic E-state index is -3.73. The van der Waals surface area contributed by atoms with E-state index in [9.17, 15) is 13.2 Å². The highest BCUT2D eigenvalue weighted by atomic mass is 32.2. The molecule has 1 saturated heterocycles. The van der Waals surface area contributed by atoms with Gasteiger partial charge in [-0.15, -0.1) is 0 Å². The summed E-state index contributed by atoms with van der Waals surface area (Å²) in [5.74, 6) is -0.701. The molecule has 0 aliphatic carbocycles. The Bertz CT molecular complexity index is 609. The second-order valence-corrected chi connectivity index (χ2v) is 7.38. The normalized spacial score (nSPS) is 21.3. The van der Waals surface area contributed by atoms with Crippen LogP contribution in [0.1, 0.15) is 44.6 Å². The zero-order valence-electron chi connectivity index (χ0n) is 12.3. The van der Waals surface area contributed by atoms with Gasteiger partial charge in [0, 0.05) is 6.54 Å². The maximum atomic E-state index is 12.6. The van der Waals surface area contributed by atoms with E-state index in [4.69, 9.17) is 5.11 Å². The Morgan fingerprint density at radius 1 is 1.38 bits per heavy atom. The fourth-order valence-corrected chi connectivity index (χ4v) is 4.26. The molecule has 5 nitrogen and oxygen atoms in total. The van der Waals surface area contributed by atoms with E-state index in [0.717, 1.165) is 16.3 Å². The summed E-state index contributed by atoms with van der Waals surface area (Å²) >= 11 is 0. The van der Waals surface area contributed by atoms with Crippen LogP contribution in [-0.2, 0) is 14.8 Å². The van der Waals surface area contributed by atoms with Crippen LogP contribution in [-0.4, -0.2) is 36.4 Å². The number of rotatable bonds is 5. The number of sulfonamides is 1. The summed E-state index contributed by atoms with van der Waals surface area (Å²) in [5, 5.41) is 9.14. The van der Waals surface area contributed by atoms with Crippen molar-refractivity contribution in [3.05, 3.63) is 29.8 Å². The fraction of sp³-hybridized carbons (Fsp3) is 0.533. The van der Waals surface area contributed by atoms with Gasteiger partial charge < -0.3 is 5.11 Å². The van der Waals surface area contributed by atoms with Gasteiger partial charge in [-0.05, 0) is 42.9 Å². The zero-order chi connectivity index (χ0) is 15.6. The number of aliphatic carboxylic acids is 1. The number of benzene rings is 1. The van der Waals surface area contributed by atoms with Crippen LogP contribution >= 0.6 is 0 Å².